The van der Waals surface area contributed by atoms with Crippen molar-refractivity contribution in [2.24, 2.45) is 23.5 Å². The van der Waals surface area contributed by atoms with Crippen molar-refractivity contribution in [3.8, 4) is 0 Å². The van der Waals surface area contributed by atoms with Crippen LogP contribution in [0.4, 0.5) is 0 Å². The van der Waals surface area contributed by atoms with Crippen molar-refractivity contribution >= 4 is 11.8 Å². The summed E-state index contributed by atoms with van der Waals surface area (Å²) >= 11 is 0. The lowest BCUT2D eigenvalue weighted by Crippen LogP contribution is -2.58. The zero-order valence-electron chi connectivity index (χ0n) is 16.5. The van der Waals surface area contributed by atoms with Gasteiger partial charge < -0.3 is 16.4 Å². The van der Waals surface area contributed by atoms with Gasteiger partial charge in [0.25, 0.3) is 0 Å². The van der Waals surface area contributed by atoms with Gasteiger partial charge in [-0.1, -0.05) is 50.6 Å². The highest BCUT2D eigenvalue weighted by molar-refractivity contribution is 5.88. The Morgan fingerprint density at radius 2 is 1.74 bits per heavy atom. The van der Waals surface area contributed by atoms with Gasteiger partial charge in [0.05, 0.1) is 6.42 Å². The van der Waals surface area contributed by atoms with E-state index in [1.807, 2.05) is 44.2 Å². The molecule has 2 aliphatic rings. The number of carbonyl (C=O) groups is 2. The van der Waals surface area contributed by atoms with E-state index in [0.29, 0.717) is 18.3 Å². The Bertz CT molecular complexity index is 632. The summed E-state index contributed by atoms with van der Waals surface area (Å²) in [5.41, 5.74) is 7.15. The SMILES string of the molecule is CC(C)C(NC(=O)Cc1ccccc1)C(=O)NC1C2CCCC1CC(N)C2. The number of hydrogen-bond donors (Lipinski definition) is 3. The molecule has 2 bridgehead atoms. The van der Waals surface area contributed by atoms with Gasteiger partial charge in [-0.05, 0) is 49.0 Å². The topological polar surface area (TPSA) is 84.2 Å². The second kappa shape index (κ2) is 8.87. The average Bonchev–Trinajstić information content (AvgIpc) is 2.61. The first kappa shape index (κ1) is 19.9. The second-order valence-corrected chi connectivity index (χ2v) is 8.67. The standard InChI is InChI=1S/C22H33N3O2/c1-14(2)20(24-19(26)11-15-7-4-3-5-8-15)22(27)25-21-16-9-6-10-17(21)13-18(23)12-16/h3-5,7-8,14,16-18,20-21H,6,9-13,23H2,1-2H3,(H,24,26)(H,25,27). The maximum absolute atomic E-state index is 13.0. The molecular weight excluding hydrogens is 338 g/mol. The smallest absolute Gasteiger partial charge is 0.243 e. The van der Waals surface area contributed by atoms with E-state index in [9.17, 15) is 9.59 Å². The van der Waals surface area contributed by atoms with Gasteiger partial charge in [0, 0.05) is 12.1 Å². The number of carbonyl (C=O) groups excluding carboxylic acids is 2. The van der Waals surface area contributed by atoms with Gasteiger partial charge in [-0.15, -0.1) is 0 Å². The molecule has 5 nitrogen and oxygen atoms in total. The van der Waals surface area contributed by atoms with Gasteiger partial charge in [-0.3, -0.25) is 9.59 Å². The number of benzene rings is 1. The Morgan fingerprint density at radius 1 is 1.11 bits per heavy atom. The van der Waals surface area contributed by atoms with E-state index in [1.54, 1.807) is 0 Å². The third kappa shape index (κ3) is 5.10. The van der Waals surface area contributed by atoms with Crippen LogP contribution in [-0.2, 0) is 16.0 Å². The molecule has 2 aliphatic carbocycles. The Hall–Kier alpha value is -1.88. The van der Waals surface area contributed by atoms with Gasteiger partial charge in [-0.2, -0.15) is 0 Å². The fourth-order valence-corrected chi connectivity index (χ4v) is 4.82. The molecular formula is C22H33N3O2. The lowest BCUT2D eigenvalue weighted by atomic mass is 9.67. The van der Waals surface area contributed by atoms with Crippen LogP contribution in [0.3, 0.4) is 0 Å². The van der Waals surface area contributed by atoms with Crippen molar-refractivity contribution in [1.29, 1.82) is 0 Å². The predicted octanol–water partition coefficient (Wildman–Crippen LogP) is 2.39. The van der Waals surface area contributed by atoms with Crippen molar-refractivity contribution in [3.63, 3.8) is 0 Å². The highest BCUT2D eigenvalue weighted by Gasteiger charge is 2.41. The molecule has 0 aliphatic heterocycles. The summed E-state index contributed by atoms with van der Waals surface area (Å²) in [6.45, 7) is 3.95. The fraction of sp³-hybridized carbons (Fsp3) is 0.636. The quantitative estimate of drug-likeness (QED) is 0.718. The lowest BCUT2D eigenvalue weighted by Gasteiger charge is -2.45. The highest BCUT2D eigenvalue weighted by atomic mass is 16.2. The molecule has 3 rings (SSSR count). The van der Waals surface area contributed by atoms with Crippen LogP contribution in [0.25, 0.3) is 0 Å². The maximum Gasteiger partial charge on any atom is 0.243 e. The van der Waals surface area contributed by atoms with Gasteiger partial charge >= 0.3 is 0 Å². The van der Waals surface area contributed by atoms with E-state index in [-0.39, 0.29) is 29.8 Å². The van der Waals surface area contributed by atoms with Crippen LogP contribution in [0.15, 0.2) is 30.3 Å². The van der Waals surface area contributed by atoms with Crippen LogP contribution < -0.4 is 16.4 Å². The maximum atomic E-state index is 13.0. The van der Waals surface area contributed by atoms with Crippen LogP contribution in [0, 0.1) is 17.8 Å². The van der Waals surface area contributed by atoms with Crippen molar-refractivity contribution in [2.75, 3.05) is 0 Å². The molecule has 5 heteroatoms. The van der Waals surface area contributed by atoms with Crippen LogP contribution >= 0.6 is 0 Å². The molecule has 2 amide bonds. The molecule has 0 heterocycles. The monoisotopic (exact) mass is 371 g/mol. The first-order valence-electron chi connectivity index (χ1n) is 10.3. The van der Waals surface area contributed by atoms with Crippen molar-refractivity contribution in [2.45, 2.75) is 70.5 Å². The number of rotatable bonds is 6. The van der Waals surface area contributed by atoms with Crippen molar-refractivity contribution in [1.82, 2.24) is 10.6 Å². The van der Waals surface area contributed by atoms with Gasteiger partial charge in [0.1, 0.15) is 6.04 Å². The minimum Gasteiger partial charge on any atom is -0.351 e. The van der Waals surface area contributed by atoms with Gasteiger partial charge in [-0.25, -0.2) is 0 Å². The third-order valence-electron chi connectivity index (χ3n) is 6.16. The second-order valence-electron chi connectivity index (χ2n) is 8.67. The molecule has 0 spiro atoms. The van der Waals surface area contributed by atoms with Crippen LogP contribution in [0.5, 0.6) is 0 Å². The molecule has 1 aromatic rings. The zero-order chi connectivity index (χ0) is 19.4. The zero-order valence-corrected chi connectivity index (χ0v) is 16.5. The number of nitrogens with one attached hydrogen (secondary N) is 2. The predicted molar refractivity (Wildman–Crippen MR) is 107 cm³/mol. The third-order valence-corrected chi connectivity index (χ3v) is 6.16. The van der Waals surface area contributed by atoms with E-state index in [2.05, 4.69) is 10.6 Å². The molecule has 0 radical (unpaired) electrons. The molecule has 148 valence electrons. The molecule has 0 saturated heterocycles. The van der Waals surface area contributed by atoms with Crippen LogP contribution in [0.2, 0.25) is 0 Å². The molecule has 0 aromatic heterocycles. The summed E-state index contributed by atoms with van der Waals surface area (Å²) in [5.74, 6) is 0.827. The van der Waals surface area contributed by atoms with E-state index in [4.69, 9.17) is 5.73 Å². The average molecular weight is 372 g/mol. The molecule has 3 unspecified atom stereocenters. The molecule has 2 fully saturated rings. The summed E-state index contributed by atoms with van der Waals surface area (Å²) in [7, 11) is 0. The van der Waals surface area contributed by atoms with E-state index in [1.165, 1.54) is 6.42 Å². The molecule has 4 N–H and O–H groups in total. The van der Waals surface area contributed by atoms with Gasteiger partial charge in [0.2, 0.25) is 11.8 Å². The highest BCUT2D eigenvalue weighted by Crippen LogP contribution is 2.39. The Balaban J connectivity index is 1.61. The normalized spacial score (nSPS) is 28.4. The van der Waals surface area contributed by atoms with Crippen molar-refractivity contribution in [3.05, 3.63) is 35.9 Å². The minimum absolute atomic E-state index is 0.0374. The largest absolute Gasteiger partial charge is 0.351 e. The summed E-state index contributed by atoms with van der Waals surface area (Å²) in [4.78, 5) is 25.5. The first-order valence-corrected chi connectivity index (χ1v) is 10.3. The summed E-state index contributed by atoms with van der Waals surface area (Å²) in [6, 6.07) is 9.59. The molecule has 2 saturated carbocycles. The molecule has 1 aromatic carbocycles. The lowest BCUT2D eigenvalue weighted by molar-refractivity contribution is -0.131. The molecule has 3 atom stereocenters. The Labute approximate surface area is 162 Å². The fourth-order valence-electron chi connectivity index (χ4n) is 4.82. The van der Waals surface area contributed by atoms with Crippen LogP contribution in [-0.4, -0.2) is 29.9 Å². The van der Waals surface area contributed by atoms with E-state index < -0.39 is 6.04 Å². The summed E-state index contributed by atoms with van der Waals surface area (Å²) in [5, 5.41) is 6.24. The molecule has 27 heavy (non-hydrogen) atoms. The van der Waals surface area contributed by atoms with E-state index >= 15 is 0 Å². The van der Waals surface area contributed by atoms with E-state index in [0.717, 1.165) is 31.2 Å². The summed E-state index contributed by atoms with van der Waals surface area (Å²) < 4.78 is 0. The minimum atomic E-state index is -0.502. The number of fused-ring (bicyclic) bond motifs is 2. The van der Waals surface area contributed by atoms with Gasteiger partial charge in [0.15, 0.2) is 0 Å². The number of hydrogen-bond acceptors (Lipinski definition) is 3. The summed E-state index contributed by atoms with van der Waals surface area (Å²) in [6.07, 6.45) is 5.79. The van der Waals surface area contributed by atoms with Crippen molar-refractivity contribution < 1.29 is 9.59 Å². The Morgan fingerprint density at radius 3 is 2.33 bits per heavy atom. The van der Waals surface area contributed by atoms with Crippen LogP contribution in [0.1, 0.15) is 51.5 Å². The number of nitrogens with two attached hydrogens (primary N) is 1. The Kier molecular flexibility index (Phi) is 6.53. The number of amides is 2. The first-order chi connectivity index (χ1) is 12.9.